The molecule has 1 aliphatic rings. The smallest absolute Gasteiger partial charge is 0.318 e. The molecule has 25 heavy (non-hydrogen) atoms. The summed E-state index contributed by atoms with van der Waals surface area (Å²) in [5.41, 5.74) is 2.16. The van der Waals surface area contributed by atoms with Crippen LogP contribution in [0.3, 0.4) is 0 Å². The van der Waals surface area contributed by atoms with E-state index in [9.17, 15) is 0 Å². The van der Waals surface area contributed by atoms with Crippen molar-refractivity contribution in [1.82, 2.24) is 14.9 Å². The molecule has 1 aliphatic heterocycles. The van der Waals surface area contributed by atoms with Gasteiger partial charge in [0, 0.05) is 36.8 Å². The molecule has 0 bridgehead atoms. The lowest BCUT2D eigenvalue weighted by Gasteiger charge is -2.25. The Morgan fingerprint density at radius 2 is 2.16 bits per heavy atom. The van der Waals surface area contributed by atoms with Gasteiger partial charge in [0.05, 0.1) is 6.07 Å². The highest BCUT2D eigenvalue weighted by atomic mass is 16.5. The van der Waals surface area contributed by atoms with Crippen LogP contribution < -0.4 is 9.64 Å². The van der Waals surface area contributed by atoms with Gasteiger partial charge in [-0.15, -0.1) is 0 Å². The largest absolute Gasteiger partial charge is 0.462 e. The predicted molar refractivity (Wildman–Crippen MR) is 100 cm³/mol. The number of aromatic nitrogens is 2. The molecule has 1 aromatic rings. The molecule has 0 radical (unpaired) electrons. The van der Waals surface area contributed by atoms with E-state index >= 15 is 0 Å². The average Bonchev–Trinajstić information content (AvgIpc) is 3.01. The number of likely N-dealkylation sites (tertiary alicyclic amines) is 1. The molecule has 6 heteroatoms. The fourth-order valence-electron chi connectivity index (χ4n) is 3.42. The van der Waals surface area contributed by atoms with Gasteiger partial charge in [-0.05, 0) is 53.1 Å². The minimum atomic E-state index is 0.455. The van der Waals surface area contributed by atoms with Gasteiger partial charge in [0.15, 0.2) is 0 Å². The van der Waals surface area contributed by atoms with Crippen LogP contribution in [0.1, 0.15) is 50.8 Å². The fourth-order valence-corrected chi connectivity index (χ4v) is 3.42. The first kappa shape index (κ1) is 19.5. The first-order valence-corrected chi connectivity index (χ1v) is 9.43. The predicted octanol–water partition coefficient (Wildman–Crippen LogP) is 2.95. The summed E-state index contributed by atoms with van der Waals surface area (Å²) >= 11 is 0. The molecule has 1 aromatic heterocycles. The zero-order valence-electron chi connectivity index (χ0n) is 16.1. The van der Waals surface area contributed by atoms with Gasteiger partial charge in [-0.25, -0.2) is 4.98 Å². The number of aryl methyl sites for hydroxylation is 1. The van der Waals surface area contributed by atoms with E-state index in [0.29, 0.717) is 25.1 Å². The normalized spacial score (nSPS) is 17.5. The van der Waals surface area contributed by atoms with Crippen LogP contribution >= 0.6 is 0 Å². The maximum absolute atomic E-state index is 8.79. The third-order valence-electron chi connectivity index (χ3n) is 5.00. The zero-order valence-corrected chi connectivity index (χ0v) is 16.1. The van der Waals surface area contributed by atoms with E-state index in [0.717, 1.165) is 44.0 Å². The standard InChI is InChI=1S/C19H31N5O/c1-5-17-15(3)21-19(25-14-16-10-9-12-23(16)4)22-18(17)24(6-2)13-8-7-11-20/h16H,5-10,12-14H2,1-4H3/t16-/m0/s1. The molecular weight excluding hydrogens is 314 g/mol. The Bertz CT molecular complexity index is 598. The van der Waals surface area contributed by atoms with Gasteiger partial charge in [0.1, 0.15) is 12.4 Å². The lowest BCUT2D eigenvalue weighted by molar-refractivity contribution is 0.187. The van der Waals surface area contributed by atoms with Gasteiger partial charge in [0.2, 0.25) is 0 Å². The molecule has 0 aliphatic carbocycles. The molecule has 0 N–H and O–H groups in total. The topological polar surface area (TPSA) is 65.3 Å². The van der Waals surface area contributed by atoms with Crippen molar-refractivity contribution in [2.24, 2.45) is 0 Å². The Balaban J connectivity index is 2.15. The van der Waals surface area contributed by atoms with E-state index in [1.54, 1.807) is 0 Å². The van der Waals surface area contributed by atoms with Crippen molar-refractivity contribution in [3.8, 4) is 12.1 Å². The third-order valence-corrected chi connectivity index (χ3v) is 5.00. The average molecular weight is 345 g/mol. The van der Waals surface area contributed by atoms with Gasteiger partial charge in [-0.1, -0.05) is 6.92 Å². The van der Waals surface area contributed by atoms with Crippen molar-refractivity contribution >= 4 is 5.82 Å². The van der Waals surface area contributed by atoms with Gasteiger partial charge < -0.3 is 14.5 Å². The van der Waals surface area contributed by atoms with Crippen molar-refractivity contribution < 1.29 is 4.74 Å². The molecule has 1 atom stereocenters. The van der Waals surface area contributed by atoms with Crippen LogP contribution in [0.25, 0.3) is 0 Å². The molecule has 2 rings (SSSR count). The van der Waals surface area contributed by atoms with E-state index in [1.165, 1.54) is 18.4 Å². The Kier molecular flexibility index (Phi) is 7.45. The van der Waals surface area contributed by atoms with Gasteiger partial charge in [-0.2, -0.15) is 10.2 Å². The molecule has 6 nitrogen and oxygen atoms in total. The van der Waals surface area contributed by atoms with Crippen LogP contribution in [-0.4, -0.2) is 54.2 Å². The summed E-state index contributed by atoms with van der Waals surface area (Å²) in [6.07, 6.45) is 4.71. The number of hydrogen-bond donors (Lipinski definition) is 0. The van der Waals surface area contributed by atoms with Gasteiger partial charge >= 0.3 is 6.01 Å². The van der Waals surface area contributed by atoms with Gasteiger partial charge in [-0.3, -0.25) is 0 Å². The van der Waals surface area contributed by atoms with Crippen molar-refractivity contribution in [1.29, 1.82) is 5.26 Å². The van der Waals surface area contributed by atoms with Crippen molar-refractivity contribution in [3.63, 3.8) is 0 Å². The van der Waals surface area contributed by atoms with E-state index in [-0.39, 0.29) is 0 Å². The summed E-state index contributed by atoms with van der Waals surface area (Å²) in [6, 6.07) is 3.15. The number of nitrogens with zero attached hydrogens (tertiary/aromatic N) is 5. The minimum Gasteiger partial charge on any atom is -0.462 e. The van der Waals surface area contributed by atoms with Crippen molar-refractivity contribution in [2.45, 2.75) is 58.9 Å². The molecule has 0 amide bonds. The number of likely N-dealkylation sites (N-methyl/N-ethyl adjacent to an activating group) is 1. The number of unbranched alkanes of at least 4 members (excludes halogenated alkanes) is 1. The molecular formula is C19H31N5O. The number of ether oxygens (including phenoxy) is 1. The first-order valence-electron chi connectivity index (χ1n) is 9.43. The number of hydrogen-bond acceptors (Lipinski definition) is 6. The van der Waals surface area contributed by atoms with Crippen LogP contribution in [0.15, 0.2) is 0 Å². The molecule has 2 heterocycles. The van der Waals surface area contributed by atoms with E-state index < -0.39 is 0 Å². The maximum Gasteiger partial charge on any atom is 0.318 e. The van der Waals surface area contributed by atoms with E-state index in [4.69, 9.17) is 15.0 Å². The summed E-state index contributed by atoms with van der Waals surface area (Å²) in [7, 11) is 2.15. The summed E-state index contributed by atoms with van der Waals surface area (Å²) < 4.78 is 5.96. The van der Waals surface area contributed by atoms with Crippen LogP contribution in [0.5, 0.6) is 6.01 Å². The van der Waals surface area contributed by atoms with Gasteiger partial charge in [0.25, 0.3) is 0 Å². The van der Waals surface area contributed by atoms with Crippen LogP contribution in [0.2, 0.25) is 0 Å². The second-order valence-corrected chi connectivity index (χ2v) is 6.68. The minimum absolute atomic E-state index is 0.455. The lowest BCUT2D eigenvalue weighted by atomic mass is 10.1. The van der Waals surface area contributed by atoms with E-state index in [1.807, 2.05) is 6.92 Å². The molecule has 0 saturated carbocycles. The highest BCUT2D eigenvalue weighted by Crippen LogP contribution is 2.25. The second-order valence-electron chi connectivity index (χ2n) is 6.68. The molecule has 138 valence electrons. The quantitative estimate of drug-likeness (QED) is 0.641. The monoisotopic (exact) mass is 345 g/mol. The highest BCUT2D eigenvalue weighted by molar-refractivity contribution is 5.49. The summed E-state index contributed by atoms with van der Waals surface area (Å²) in [5.74, 6) is 0.963. The first-order chi connectivity index (χ1) is 12.1. The summed E-state index contributed by atoms with van der Waals surface area (Å²) in [5, 5.41) is 8.79. The number of anilines is 1. The Morgan fingerprint density at radius 1 is 1.36 bits per heavy atom. The lowest BCUT2D eigenvalue weighted by Crippen LogP contribution is -2.31. The van der Waals surface area contributed by atoms with Crippen LogP contribution in [0, 0.1) is 18.3 Å². The van der Waals surface area contributed by atoms with Crippen molar-refractivity contribution in [2.75, 3.05) is 38.2 Å². The molecule has 0 unspecified atom stereocenters. The molecule has 0 spiro atoms. The fraction of sp³-hybridized carbons (Fsp3) is 0.737. The zero-order chi connectivity index (χ0) is 18.2. The number of nitriles is 1. The summed E-state index contributed by atoms with van der Waals surface area (Å²) in [6.45, 7) is 9.75. The Hall–Kier alpha value is -1.87. The second kappa shape index (κ2) is 9.57. The Morgan fingerprint density at radius 3 is 2.76 bits per heavy atom. The van der Waals surface area contributed by atoms with E-state index in [2.05, 4.69) is 41.7 Å². The molecule has 1 saturated heterocycles. The maximum atomic E-state index is 8.79. The van der Waals surface area contributed by atoms with Crippen LogP contribution in [-0.2, 0) is 6.42 Å². The Labute approximate surface area is 151 Å². The molecule has 1 fully saturated rings. The SMILES string of the molecule is CCc1c(C)nc(OC[C@@H]2CCCN2C)nc1N(CC)CCCC#N. The number of rotatable bonds is 9. The summed E-state index contributed by atoms with van der Waals surface area (Å²) in [4.78, 5) is 13.9. The molecule has 0 aromatic carbocycles. The highest BCUT2D eigenvalue weighted by Gasteiger charge is 2.22. The third kappa shape index (κ3) is 5.05. The van der Waals surface area contributed by atoms with Crippen LogP contribution in [0.4, 0.5) is 5.82 Å². The van der Waals surface area contributed by atoms with Crippen molar-refractivity contribution in [3.05, 3.63) is 11.3 Å².